The molecule has 0 aromatic rings. The van der Waals surface area contributed by atoms with Crippen molar-refractivity contribution in [1.29, 1.82) is 0 Å². The first-order valence-electron chi connectivity index (χ1n) is 6.41. The second-order valence-electron chi connectivity index (χ2n) is 3.83. The maximum atomic E-state index is 3.82. The van der Waals surface area contributed by atoms with Gasteiger partial charge in [-0.15, -0.1) is 0 Å². The van der Waals surface area contributed by atoms with E-state index >= 15 is 0 Å². The standard InChI is InChI=1S/C10H21.C4H9.6CH4.5Y/c1-3-5-7-9-10-8-6-4-2;1-3-4-2;;;;;;;;;;;/h1,3-10H2,2H3;1,3-4H2,2H3;6*1H4;;;;;/q2*-1;;;;;;;;;;;. The summed E-state index contributed by atoms with van der Waals surface area (Å²) in [6.07, 6.45) is 13.2. The summed E-state index contributed by atoms with van der Waals surface area (Å²) in [7, 11) is 0. The first-order valence-corrected chi connectivity index (χ1v) is 6.41. The fourth-order valence-corrected chi connectivity index (χ4v) is 1.13. The SMILES string of the molecule is C.C.C.C.C.C.[CH2-]CCC.[CH2-]CCCCCCCCC.[Y].[Y].[Y].[Y].[Y]. The van der Waals surface area contributed by atoms with Crippen LogP contribution < -0.4 is 0 Å². The Kier molecular flexibility index (Phi) is 346. The average molecular weight is 739 g/mol. The minimum atomic E-state index is 0. The maximum absolute atomic E-state index is 3.82. The predicted molar refractivity (Wildman–Crippen MR) is 109 cm³/mol. The van der Waals surface area contributed by atoms with Gasteiger partial charge < -0.3 is 13.8 Å². The van der Waals surface area contributed by atoms with E-state index in [0.29, 0.717) is 0 Å². The second-order valence-corrected chi connectivity index (χ2v) is 3.83. The van der Waals surface area contributed by atoms with Crippen LogP contribution in [0.2, 0.25) is 0 Å². The molecule has 0 aromatic carbocycles. The van der Waals surface area contributed by atoms with Crippen molar-refractivity contribution in [1.82, 2.24) is 0 Å². The molecular weight excluding hydrogens is 685 g/mol. The summed E-state index contributed by atoms with van der Waals surface area (Å²) in [5.74, 6) is 0. The van der Waals surface area contributed by atoms with Crippen LogP contribution in [-0.4, -0.2) is 0 Å². The van der Waals surface area contributed by atoms with Crippen LogP contribution in [0.3, 0.4) is 0 Å². The molecule has 0 aliphatic carbocycles. The van der Waals surface area contributed by atoms with E-state index < -0.39 is 0 Å². The molecular formula is C20H54Y5-2. The minimum absolute atomic E-state index is 0. The minimum Gasteiger partial charge on any atom is -0.343 e. The summed E-state index contributed by atoms with van der Waals surface area (Å²) < 4.78 is 0. The molecule has 0 aliphatic rings. The average Bonchev–Trinajstić information content (AvgIpc) is 2.24. The molecule has 0 bridgehead atoms. The number of hydrogen-bond acceptors (Lipinski definition) is 0. The molecule has 0 saturated heterocycles. The Morgan fingerprint density at radius 1 is 0.400 bits per heavy atom. The maximum Gasteiger partial charge on any atom is 0 e. The Hall–Kier alpha value is 5.52. The third-order valence-corrected chi connectivity index (χ3v) is 2.21. The van der Waals surface area contributed by atoms with E-state index in [-0.39, 0.29) is 208 Å². The fourth-order valence-electron chi connectivity index (χ4n) is 1.13. The third kappa shape index (κ3) is 122. The van der Waals surface area contributed by atoms with Crippen LogP contribution in [0, 0.1) is 13.8 Å². The smallest absolute Gasteiger partial charge is 0 e. The summed E-state index contributed by atoms with van der Waals surface area (Å²) in [5.41, 5.74) is 0. The topological polar surface area (TPSA) is 0 Å². The van der Waals surface area contributed by atoms with Gasteiger partial charge in [-0.1, -0.05) is 110 Å². The van der Waals surface area contributed by atoms with Crippen LogP contribution in [0.15, 0.2) is 0 Å². The van der Waals surface area contributed by atoms with E-state index in [1.54, 1.807) is 0 Å². The predicted octanol–water partition coefficient (Wildman–Crippen LogP) is 9.39. The molecule has 25 heavy (non-hydrogen) atoms. The van der Waals surface area contributed by atoms with Crippen molar-refractivity contribution in [3.8, 4) is 0 Å². The van der Waals surface area contributed by atoms with Gasteiger partial charge in [-0.05, 0) is 0 Å². The van der Waals surface area contributed by atoms with Crippen molar-refractivity contribution in [2.45, 2.75) is 123 Å². The van der Waals surface area contributed by atoms with Gasteiger partial charge in [-0.2, -0.15) is 12.8 Å². The Labute approximate surface area is 294 Å². The second kappa shape index (κ2) is 99.7. The Bertz CT molecular complexity index is 74.5. The zero-order valence-electron chi connectivity index (χ0n) is 13.4. The molecule has 0 nitrogen and oxygen atoms in total. The van der Waals surface area contributed by atoms with Gasteiger partial charge in [0.05, 0.1) is 0 Å². The molecule has 0 N–H and O–H groups in total. The van der Waals surface area contributed by atoms with Gasteiger partial charge in [0.1, 0.15) is 0 Å². The van der Waals surface area contributed by atoms with Gasteiger partial charge in [0.2, 0.25) is 0 Å². The molecule has 5 radical (unpaired) electrons. The first kappa shape index (κ1) is 86.6. The fraction of sp³-hybridized carbons (Fsp3) is 0.900. The van der Waals surface area contributed by atoms with Crippen LogP contribution in [0.5, 0.6) is 0 Å². The van der Waals surface area contributed by atoms with Crippen molar-refractivity contribution in [2.75, 3.05) is 0 Å². The van der Waals surface area contributed by atoms with Crippen LogP contribution in [0.4, 0.5) is 0 Å². The zero-order chi connectivity index (χ0) is 11.1. The van der Waals surface area contributed by atoms with E-state index in [9.17, 15) is 0 Å². The molecule has 0 spiro atoms. The van der Waals surface area contributed by atoms with Crippen LogP contribution >= 0.6 is 0 Å². The van der Waals surface area contributed by atoms with Gasteiger partial charge in [-0.3, -0.25) is 0 Å². The van der Waals surface area contributed by atoms with Crippen molar-refractivity contribution in [3.05, 3.63) is 13.8 Å². The van der Waals surface area contributed by atoms with Crippen LogP contribution in [0.25, 0.3) is 0 Å². The molecule has 0 saturated carbocycles. The molecule has 0 amide bonds. The molecule has 151 valence electrons. The van der Waals surface area contributed by atoms with E-state index in [1.807, 2.05) is 0 Å². The van der Waals surface area contributed by atoms with Gasteiger partial charge in [0, 0.05) is 164 Å². The third-order valence-electron chi connectivity index (χ3n) is 2.21. The monoisotopic (exact) mass is 739 g/mol. The summed E-state index contributed by atoms with van der Waals surface area (Å²) in [5, 5.41) is 0. The molecule has 0 aromatic heterocycles. The van der Waals surface area contributed by atoms with Crippen molar-refractivity contribution in [2.24, 2.45) is 0 Å². The van der Waals surface area contributed by atoms with Crippen molar-refractivity contribution in [3.63, 3.8) is 0 Å². The summed E-state index contributed by atoms with van der Waals surface area (Å²) in [6.45, 7) is 11.8. The van der Waals surface area contributed by atoms with Gasteiger partial charge in [-0.25, -0.2) is 0 Å². The van der Waals surface area contributed by atoms with E-state index in [1.165, 1.54) is 51.4 Å². The number of hydrogen-bond donors (Lipinski definition) is 0. The normalized spacial score (nSPS) is 5.28. The van der Waals surface area contributed by atoms with E-state index in [4.69, 9.17) is 0 Å². The summed E-state index contributed by atoms with van der Waals surface area (Å²) in [4.78, 5) is 0. The summed E-state index contributed by atoms with van der Waals surface area (Å²) >= 11 is 0. The molecule has 0 fully saturated rings. The van der Waals surface area contributed by atoms with Gasteiger partial charge >= 0.3 is 0 Å². The molecule has 0 aliphatic heterocycles. The number of unbranched alkanes of at least 4 members (excludes halogenated alkanes) is 8. The molecule has 0 rings (SSSR count). The largest absolute Gasteiger partial charge is 0.343 e. The van der Waals surface area contributed by atoms with Crippen LogP contribution in [-0.2, 0) is 164 Å². The Balaban J connectivity index is -0.00000000810. The van der Waals surface area contributed by atoms with E-state index in [0.717, 1.165) is 12.8 Å². The van der Waals surface area contributed by atoms with Crippen molar-refractivity contribution >= 4 is 0 Å². The van der Waals surface area contributed by atoms with Crippen molar-refractivity contribution < 1.29 is 164 Å². The van der Waals surface area contributed by atoms with Crippen LogP contribution in [0.1, 0.15) is 123 Å². The van der Waals surface area contributed by atoms with E-state index in [2.05, 4.69) is 27.7 Å². The Morgan fingerprint density at radius 2 is 0.640 bits per heavy atom. The molecule has 5 heteroatoms. The summed E-state index contributed by atoms with van der Waals surface area (Å²) in [6, 6.07) is 0. The zero-order valence-corrected chi connectivity index (χ0v) is 27.6. The molecule has 0 atom stereocenters. The number of rotatable bonds is 8. The quantitative estimate of drug-likeness (QED) is 0.172. The van der Waals surface area contributed by atoms with Gasteiger partial charge in [0.15, 0.2) is 0 Å². The molecule has 0 unspecified atom stereocenters. The molecule has 0 heterocycles. The first-order chi connectivity index (χ1) is 6.83. The Morgan fingerprint density at radius 3 is 0.840 bits per heavy atom. The van der Waals surface area contributed by atoms with Gasteiger partial charge in [0.25, 0.3) is 0 Å².